The molecule has 0 unspecified atom stereocenters. The number of carbonyl (C=O) groups excluding carboxylic acids is 1. The van der Waals surface area contributed by atoms with Gasteiger partial charge in [0, 0.05) is 21.8 Å². The summed E-state index contributed by atoms with van der Waals surface area (Å²) in [5, 5.41) is 11.1. The molecule has 0 bridgehead atoms. The van der Waals surface area contributed by atoms with Crippen molar-refractivity contribution in [2.75, 3.05) is 26.6 Å². The van der Waals surface area contributed by atoms with E-state index in [2.05, 4.69) is 31.6 Å². The number of aromatic nitrogens is 3. The first-order valence-corrected chi connectivity index (χ1v) is 11.4. The van der Waals surface area contributed by atoms with Crippen LogP contribution >= 0.6 is 15.9 Å². The summed E-state index contributed by atoms with van der Waals surface area (Å²) >= 11 is 3.45. The van der Waals surface area contributed by atoms with Crippen LogP contribution in [0.5, 0.6) is 17.2 Å². The van der Waals surface area contributed by atoms with Gasteiger partial charge in [-0.15, -0.1) is 5.10 Å². The molecule has 1 amide bonds. The molecule has 178 valence electrons. The standard InChI is InChI=1S/C26H23BrN4O4/c1-33-23-14-17(15-24(34-2)26(23)35-3)4-13-25(32)29-20-9-11-21(12-10-20)31-22(16-28-30-31)18-5-7-19(27)8-6-18/h4-16H,1-3H3,(H,29,32). The highest BCUT2D eigenvalue weighted by atomic mass is 79.9. The molecule has 0 saturated carbocycles. The number of rotatable bonds is 8. The topological polar surface area (TPSA) is 87.5 Å². The Labute approximate surface area is 211 Å². The number of ether oxygens (including phenoxy) is 3. The lowest BCUT2D eigenvalue weighted by Crippen LogP contribution is -2.08. The second kappa shape index (κ2) is 10.9. The van der Waals surface area contributed by atoms with E-state index in [1.54, 1.807) is 50.4 Å². The van der Waals surface area contributed by atoms with Gasteiger partial charge in [-0.25, -0.2) is 4.68 Å². The molecule has 0 atom stereocenters. The first kappa shape index (κ1) is 24.0. The van der Waals surface area contributed by atoms with Crippen LogP contribution in [0.15, 0.2) is 77.4 Å². The Balaban J connectivity index is 1.46. The van der Waals surface area contributed by atoms with Gasteiger partial charge >= 0.3 is 0 Å². The van der Waals surface area contributed by atoms with Crippen molar-refractivity contribution in [3.63, 3.8) is 0 Å². The summed E-state index contributed by atoms with van der Waals surface area (Å²) in [7, 11) is 4.63. The quantitative estimate of drug-likeness (QED) is 0.305. The number of benzene rings is 3. The molecule has 0 aliphatic heterocycles. The lowest BCUT2D eigenvalue weighted by Gasteiger charge is -2.12. The molecule has 0 aliphatic carbocycles. The van der Waals surface area contributed by atoms with E-state index < -0.39 is 0 Å². The summed E-state index contributed by atoms with van der Waals surface area (Å²) in [4.78, 5) is 12.5. The molecule has 3 aromatic carbocycles. The van der Waals surface area contributed by atoms with E-state index in [4.69, 9.17) is 14.2 Å². The molecule has 1 N–H and O–H groups in total. The van der Waals surface area contributed by atoms with Crippen molar-refractivity contribution < 1.29 is 19.0 Å². The highest BCUT2D eigenvalue weighted by Crippen LogP contribution is 2.38. The molecular weight excluding hydrogens is 512 g/mol. The summed E-state index contributed by atoms with van der Waals surface area (Å²) in [6.07, 6.45) is 4.83. The number of methoxy groups -OCH3 is 3. The molecule has 0 spiro atoms. The minimum Gasteiger partial charge on any atom is -0.493 e. The number of halogens is 1. The van der Waals surface area contributed by atoms with Crippen LogP contribution in [0.25, 0.3) is 23.0 Å². The number of nitrogens with zero attached hydrogens (tertiary/aromatic N) is 3. The van der Waals surface area contributed by atoms with E-state index in [9.17, 15) is 4.79 Å². The fourth-order valence-corrected chi connectivity index (χ4v) is 3.75. The number of hydrogen-bond acceptors (Lipinski definition) is 6. The van der Waals surface area contributed by atoms with Crippen LogP contribution in [-0.2, 0) is 4.79 Å². The summed E-state index contributed by atoms with van der Waals surface area (Å²) < 4.78 is 18.8. The Morgan fingerprint density at radius 1 is 0.943 bits per heavy atom. The Morgan fingerprint density at radius 3 is 2.20 bits per heavy atom. The molecule has 0 fully saturated rings. The Kier molecular flexibility index (Phi) is 7.47. The maximum absolute atomic E-state index is 12.5. The van der Waals surface area contributed by atoms with E-state index in [0.717, 1.165) is 27.0 Å². The van der Waals surface area contributed by atoms with E-state index in [-0.39, 0.29) is 5.91 Å². The zero-order valence-corrected chi connectivity index (χ0v) is 20.9. The van der Waals surface area contributed by atoms with Gasteiger partial charge in [-0.3, -0.25) is 4.79 Å². The summed E-state index contributed by atoms with van der Waals surface area (Å²) in [6, 6.07) is 18.8. The molecule has 9 heteroatoms. The predicted octanol–water partition coefficient (Wildman–Crippen LogP) is 5.37. The largest absolute Gasteiger partial charge is 0.493 e. The second-order valence-electron chi connectivity index (χ2n) is 7.37. The highest BCUT2D eigenvalue weighted by molar-refractivity contribution is 9.10. The summed E-state index contributed by atoms with van der Waals surface area (Å²) in [5.74, 6) is 1.24. The number of nitrogens with one attached hydrogen (secondary N) is 1. The smallest absolute Gasteiger partial charge is 0.248 e. The Bertz CT molecular complexity index is 1320. The molecule has 4 aromatic rings. The Morgan fingerprint density at radius 2 is 1.60 bits per heavy atom. The maximum atomic E-state index is 12.5. The third kappa shape index (κ3) is 5.52. The average Bonchev–Trinajstić information content (AvgIpc) is 3.37. The molecule has 4 rings (SSSR count). The third-order valence-electron chi connectivity index (χ3n) is 5.18. The van der Waals surface area contributed by atoms with Crippen LogP contribution in [0.4, 0.5) is 5.69 Å². The fourth-order valence-electron chi connectivity index (χ4n) is 3.48. The molecule has 0 radical (unpaired) electrons. The normalized spacial score (nSPS) is 10.9. The lowest BCUT2D eigenvalue weighted by atomic mass is 10.1. The van der Waals surface area contributed by atoms with E-state index >= 15 is 0 Å². The minimum atomic E-state index is -0.275. The second-order valence-corrected chi connectivity index (χ2v) is 8.28. The highest BCUT2D eigenvalue weighted by Gasteiger charge is 2.12. The van der Waals surface area contributed by atoms with Gasteiger partial charge in [-0.2, -0.15) is 0 Å². The SMILES string of the molecule is COc1cc(C=CC(=O)Nc2ccc(-n3nncc3-c3ccc(Br)cc3)cc2)cc(OC)c1OC. The zero-order chi connectivity index (χ0) is 24.8. The van der Waals surface area contributed by atoms with Gasteiger partial charge in [0.05, 0.1) is 38.9 Å². The van der Waals surface area contributed by atoms with Gasteiger partial charge in [0.2, 0.25) is 11.7 Å². The van der Waals surface area contributed by atoms with Crippen molar-refractivity contribution >= 4 is 33.6 Å². The van der Waals surface area contributed by atoms with E-state index in [1.165, 1.54) is 6.08 Å². The van der Waals surface area contributed by atoms with Gasteiger partial charge in [0.15, 0.2) is 11.5 Å². The summed E-state index contributed by atoms with van der Waals surface area (Å²) in [5.41, 5.74) is 4.07. The first-order chi connectivity index (χ1) is 17.0. The van der Waals surface area contributed by atoms with E-state index in [0.29, 0.717) is 22.9 Å². The number of amides is 1. The number of hydrogen-bond donors (Lipinski definition) is 1. The monoisotopic (exact) mass is 534 g/mol. The van der Waals surface area contributed by atoms with Crippen LogP contribution in [0, 0.1) is 0 Å². The van der Waals surface area contributed by atoms with Gasteiger partial charge in [0.1, 0.15) is 0 Å². The van der Waals surface area contributed by atoms with Crippen LogP contribution in [0.1, 0.15) is 5.56 Å². The third-order valence-corrected chi connectivity index (χ3v) is 5.71. The number of anilines is 1. The number of carbonyl (C=O) groups is 1. The molecule has 1 aromatic heterocycles. The van der Waals surface area contributed by atoms with Crippen molar-refractivity contribution in [1.29, 1.82) is 0 Å². The minimum absolute atomic E-state index is 0.275. The van der Waals surface area contributed by atoms with Crippen molar-refractivity contribution in [2.45, 2.75) is 0 Å². The summed E-state index contributed by atoms with van der Waals surface area (Å²) in [6.45, 7) is 0. The van der Waals surface area contributed by atoms with Crippen molar-refractivity contribution in [3.8, 4) is 34.2 Å². The molecule has 1 heterocycles. The van der Waals surface area contributed by atoms with Crippen molar-refractivity contribution in [3.05, 3.63) is 83.0 Å². The maximum Gasteiger partial charge on any atom is 0.248 e. The zero-order valence-electron chi connectivity index (χ0n) is 19.4. The molecular formula is C26H23BrN4O4. The predicted molar refractivity (Wildman–Crippen MR) is 138 cm³/mol. The lowest BCUT2D eigenvalue weighted by molar-refractivity contribution is -0.111. The van der Waals surface area contributed by atoms with Crippen molar-refractivity contribution in [2.24, 2.45) is 0 Å². The van der Waals surface area contributed by atoms with Gasteiger partial charge in [0.25, 0.3) is 0 Å². The van der Waals surface area contributed by atoms with Crippen LogP contribution in [0.2, 0.25) is 0 Å². The molecule has 35 heavy (non-hydrogen) atoms. The van der Waals surface area contributed by atoms with Gasteiger partial charge < -0.3 is 19.5 Å². The van der Waals surface area contributed by atoms with Crippen LogP contribution < -0.4 is 19.5 Å². The molecule has 0 saturated heterocycles. The van der Waals surface area contributed by atoms with Gasteiger partial charge in [-0.05, 0) is 60.2 Å². The Hall–Kier alpha value is -4.11. The molecule has 8 nitrogen and oxygen atoms in total. The van der Waals surface area contributed by atoms with Crippen LogP contribution in [0.3, 0.4) is 0 Å². The average molecular weight is 535 g/mol. The van der Waals surface area contributed by atoms with Crippen molar-refractivity contribution in [1.82, 2.24) is 15.0 Å². The van der Waals surface area contributed by atoms with E-state index in [1.807, 2.05) is 48.5 Å². The molecule has 0 aliphatic rings. The van der Waals surface area contributed by atoms with Gasteiger partial charge in [-0.1, -0.05) is 33.3 Å². The fraction of sp³-hybridized carbons (Fsp3) is 0.115. The van der Waals surface area contributed by atoms with Crippen LogP contribution in [-0.4, -0.2) is 42.2 Å². The first-order valence-electron chi connectivity index (χ1n) is 10.6.